The van der Waals surface area contributed by atoms with Gasteiger partial charge in [0.25, 0.3) is 0 Å². The zero-order valence-electron chi connectivity index (χ0n) is 12.7. The number of anilines is 1. The number of ether oxygens (including phenoxy) is 2. The molecular formula is C13H17AtFN3O5. The third-order valence-corrected chi connectivity index (χ3v) is 4.41. The van der Waals surface area contributed by atoms with E-state index in [9.17, 15) is 14.0 Å². The SMILES string of the molecule is CNC(=O)Nc1c([At])c(OC)c(OC)c(F)c1CC(N)C(=O)O. The first-order chi connectivity index (χ1) is 10.8. The minimum absolute atomic E-state index is 0.0568. The molecule has 0 aliphatic rings. The zero-order valence-corrected chi connectivity index (χ0v) is 15.6. The van der Waals surface area contributed by atoms with Gasteiger partial charge in [-0.2, -0.15) is 0 Å². The van der Waals surface area contributed by atoms with Gasteiger partial charge in [-0.05, 0) is 0 Å². The molecule has 0 aliphatic heterocycles. The fourth-order valence-electron chi connectivity index (χ4n) is 1.86. The van der Waals surface area contributed by atoms with Gasteiger partial charge in [0, 0.05) is 0 Å². The van der Waals surface area contributed by atoms with Gasteiger partial charge in [-0.15, -0.1) is 0 Å². The Bertz CT molecular complexity index is 626. The van der Waals surface area contributed by atoms with E-state index in [2.05, 4.69) is 10.6 Å². The molecule has 8 nitrogen and oxygen atoms in total. The summed E-state index contributed by atoms with van der Waals surface area (Å²) in [6, 6.07) is -1.92. The van der Waals surface area contributed by atoms with Crippen LogP contribution in [0.25, 0.3) is 0 Å². The number of rotatable bonds is 6. The molecule has 0 bridgehead atoms. The summed E-state index contributed by atoms with van der Waals surface area (Å²) >= 11 is 1.11. The number of methoxy groups -OCH3 is 2. The van der Waals surface area contributed by atoms with E-state index in [0.717, 1.165) is 24.7 Å². The van der Waals surface area contributed by atoms with E-state index >= 15 is 0 Å². The summed E-state index contributed by atoms with van der Waals surface area (Å²) in [6.45, 7) is 0. The van der Waals surface area contributed by atoms with Gasteiger partial charge in [-0.25, -0.2) is 0 Å². The van der Waals surface area contributed by atoms with Crippen LogP contribution in [-0.4, -0.2) is 44.4 Å². The van der Waals surface area contributed by atoms with Crippen molar-refractivity contribution in [1.82, 2.24) is 5.32 Å². The van der Waals surface area contributed by atoms with E-state index < -0.39 is 23.9 Å². The fourth-order valence-corrected chi connectivity index (χ4v) is 3.12. The Morgan fingerprint density at radius 2 is 1.91 bits per heavy atom. The van der Waals surface area contributed by atoms with E-state index in [1.807, 2.05) is 0 Å². The van der Waals surface area contributed by atoms with E-state index in [0.29, 0.717) is 3.27 Å². The van der Waals surface area contributed by atoms with Gasteiger partial charge in [-0.1, -0.05) is 0 Å². The molecule has 0 heterocycles. The van der Waals surface area contributed by atoms with Gasteiger partial charge in [0.2, 0.25) is 0 Å². The summed E-state index contributed by atoms with van der Waals surface area (Å²) in [6.07, 6.45) is -0.323. The number of carboxylic acids is 1. The van der Waals surface area contributed by atoms with Crippen molar-refractivity contribution < 1.29 is 53.3 Å². The molecule has 0 radical (unpaired) electrons. The van der Waals surface area contributed by atoms with E-state index in [1.165, 1.54) is 21.3 Å². The molecule has 23 heavy (non-hydrogen) atoms. The first kappa shape index (κ1) is 19.4. The second kappa shape index (κ2) is 8.26. The van der Waals surface area contributed by atoms with E-state index in [1.54, 1.807) is 0 Å². The molecule has 1 unspecified atom stereocenters. The van der Waals surface area contributed by atoms with Crippen molar-refractivity contribution in [2.75, 3.05) is 26.6 Å². The number of nitrogens with two attached hydrogens (primary N) is 1. The van der Waals surface area contributed by atoms with Crippen molar-refractivity contribution in [2.45, 2.75) is 12.5 Å². The van der Waals surface area contributed by atoms with Crippen molar-refractivity contribution >= 4 is 21.0 Å². The van der Waals surface area contributed by atoms with Crippen molar-refractivity contribution in [3.05, 3.63) is 11.4 Å². The third-order valence-electron chi connectivity index (χ3n) is 3.01. The Balaban J connectivity index is 3.57. The van der Waals surface area contributed by atoms with Crippen molar-refractivity contribution in [1.29, 1.82) is 0 Å². The number of urea groups is 1. The summed E-state index contributed by atoms with van der Waals surface area (Å²) in [5, 5.41) is 13.8. The summed E-state index contributed by atoms with van der Waals surface area (Å²) in [7, 11) is 4.00. The average Bonchev–Trinajstić information content (AvgIpc) is 2.52. The number of benzene rings is 1. The summed E-state index contributed by atoms with van der Waals surface area (Å²) in [4.78, 5) is 22.6. The molecule has 1 aromatic rings. The van der Waals surface area contributed by atoms with E-state index in [4.69, 9.17) is 20.3 Å². The molecule has 5 N–H and O–H groups in total. The first-order valence-electron chi connectivity index (χ1n) is 6.37. The van der Waals surface area contributed by atoms with Gasteiger partial charge in [-0.3, -0.25) is 0 Å². The molecule has 0 aromatic heterocycles. The second-order valence-corrected chi connectivity index (χ2v) is 5.87. The molecule has 1 rings (SSSR count). The van der Waals surface area contributed by atoms with Crippen molar-refractivity contribution in [2.24, 2.45) is 5.73 Å². The number of carbonyl (C=O) groups is 2. The molecular weight excluding hydrogens is 507 g/mol. The summed E-state index contributed by atoms with van der Waals surface area (Å²) < 4.78 is 25.3. The molecule has 2 amide bonds. The second-order valence-electron chi connectivity index (χ2n) is 4.40. The molecule has 0 fully saturated rings. The Labute approximate surface area is 147 Å². The van der Waals surface area contributed by atoms with Gasteiger partial charge in [0.15, 0.2) is 0 Å². The molecule has 1 aromatic carbocycles. The van der Waals surface area contributed by atoms with Gasteiger partial charge in [0.05, 0.1) is 0 Å². The molecule has 0 spiro atoms. The van der Waals surface area contributed by atoms with Crippen LogP contribution in [-0.2, 0) is 11.2 Å². The number of carboxylic acid groups (broad SMARTS) is 1. The maximum atomic E-state index is 14.7. The van der Waals surface area contributed by atoms with Crippen LogP contribution < -0.4 is 29.1 Å². The standard InChI is InChI=1S/C13H17AtFN3O5/c1-17-13(21)18-9-5(4-6(16)12(19)20)8(15)11(23-3)10(22-2)7(9)14/h6H,4,16H2,1-3H3,(H,19,20)(H2,17,18,21). The normalized spacial score (nSPS) is 11.6. The van der Waals surface area contributed by atoms with Crippen LogP contribution in [0.1, 0.15) is 5.56 Å². The minimum atomic E-state index is -1.33. The first-order valence-corrected chi connectivity index (χ1v) is 7.84. The molecule has 128 valence electrons. The van der Waals surface area contributed by atoms with Gasteiger partial charge >= 0.3 is 147 Å². The number of carbonyl (C=O) groups excluding carboxylic acids is 1. The Kier molecular flexibility index (Phi) is 6.96. The van der Waals surface area contributed by atoms with Gasteiger partial charge < -0.3 is 0 Å². The number of amides is 2. The van der Waals surface area contributed by atoms with Crippen LogP contribution in [0.15, 0.2) is 0 Å². The molecule has 0 aliphatic carbocycles. The third kappa shape index (κ3) is 4.20. The number of hydrogen-bond acceptors (Lipinski definition) is 5. The van der Waals surface area contributed by atoms with Gasteiger partial charge in [0.1, 0.15) is 0 Å². The van der Waals surface area contributed by atoms with Crippen LogP contribution in [0.5, 0.6) is 11.5 Å². The fraction of sp³-hybridized carbons (Fsp3) is 0.385. The Morgan fingerprint density at radius 3 is 2.35 bits per heavy atom. The quantitative estimate of drug-likeness (QED) is 0.407. The molecule has 1 atom stereocenters. The monoisotopic (exact) mass is 524 g/mol. The van der Waals surface area contributed by atoms with Crippen LogP contribution in [0, 0.1) is 30.5 Å². The number of nitrogens with one attached hydrogen (secondary N) is 2. The zero-order chi connectivity index (χ0) is 17.7. The predicted molar refractivity (Wildman–Crippen MR) is 76.5 cm³/mol. The topological polar surface area (TPSA) is 123 Å². The Morgan fingerprint density at radius 1 is 1.35 bits per heavy atom. The predicted octanol–water partition coefficient (Wildman–Crippen LogP) is -0.277. The maximum absolute atomic E-state index is 14.7. The molecule has 0 saturated carbocycles. The van der Waals surface area contributed by atoms with Crippen LogP contribution in [0.3, 0.4) is 0 Å². The van der Waals surface area contributed by atoms with E-state index in [-0.39, 0.29) is 29.2 Å². The Hall–Kier alpha value is -1.67. The van der Waals surface area contributed by atoms with Crippen molar-refractivity contribution in [3.8, 4) is 11.5 Å². The molecule has 10 heteroatoms. The van der Waals surface area contributed by atoms with Crippen LogP contribution in [0.4, 0.5) is 14.9 Å². The van der Waals surface area contributed by atoms with Crippen molar-refractivity contribution in [3.63, 3.8) is 0 Å². The summed E-state index contributed by atoms with van der Waals surface area (Å²) in [5.74, 6) is -2.15. The number of halogens is 1. The van der Waals surface area contributed by atoms with Crippen LogP contribution >= 0.6 is 0 Å². The summed E-state index contributed by atoms with van der Waals surface area (Å²) in [5.41, 5.74) is 5.56. The number of aliphatic carboxylic acids is 1. The molecule has 0 saturated heterocycles. The number of hydrogen-bond donors (Lipinski definition) is 4. The average molecular weight is 524 g/mol. The van der Waals surface area contributed by atoms with Crippen LogP contribution in [0.2, 0.25) is 0 Å².